The number of rotatable bonds is 4. The van der Waals surface area contributed by atoms with Gasteiger partial charge in [0, 0.05) is 23.8 Å². The molecule has 1 aliphatic rings. The normalized spacial score (nSPS) is 12.0. The Bertz CT molecular complexity index is 1020. The quantitative estimate of drug-likeness (QED) is 0.603. The van der Waals surface area contributed by atoms with Gasteiger partial charge in [0.25, 0.3) is 0 Å². The molecule has 2 aromatic heterocycles. The van der Waals surface area contributed by atoms with Crippen LogP contribution in [0.25, 0.3) is 10.9 Å². The lowest BCUT2D eigenvalue weighted by Crippen LogP contribution is -2.23. The van der Waals surface area contributed by atoms with Crippen LogP contribution >= 0.6 is 0 Å². The summed E-state index contributed by atoms with van der Waals surface area (Å²) in [4.78, 5) is 35.6. The fourth-order valence-corrected chi connectivity index (χ4v) is 2.60. The molecule has 138 valence electrons. The van der Waals surface area contributed by atoms with Gasteiger partial charge in [0.05, 0.1) is 12.1 Å². The molecule has 1 aliphatic heterocycles. The summed E-state index contributed by atoms with van der Waals surface area (Å²) in [7, 11) is 0. The molecule has 0 radical (unpaired) electrons. The van der Waals surface area contributed by atoms with Crippen LogP contribution in [0.3, 0.4) is 0 Å². The van der Waals surface area contributed by atoms with Crippen molar-refractivity contribution >= 4 is 34.7 Å². The zero-order valence-corrected chi connectivity index (χ0v) is 14.2. The predicted molar refractivity (Wildman–Crippen MR) is 95.1 cm³/mol. The number of hydrogen-bond acceptors (Lipinski definition) is 7. The van der Waals surface area contributed by atoms with Crippen molar-refractivity contribution in [3.63, 3.8) is 0 Å². The Hall–Kier alpha value is -3.82. The fourth-order valence-electron chi connectivity index (χ4n) is 2.60. The predicted octanol–water partition coefficient (Wildman–Crippen LogP) is 2.51. The molecule has 0 unspecified atom stereocenters. The Morgan fingerprint density at radius 3 is 2.78 bits per heavy atom. The molecular formula is C17H15N5O5. The summed E-state index contributed by atoms with van der Waals surface area (Å²) in [6.07, 6.45) is 3.06. The molecule has 0 aliphatic carbocycles. The van der Waals surface area contributed by atoms with Gasteiger partial charge in [-0.3, -0.25) is 10.6 Å². The number of H-pyrrole nitrogens is 1. The van der Waals surface area contributed by atoms with E-state index in [9.17, 15) is 9.59 Å². The summed E-state index contributed by atoms with van der Waals surface area (Å²) in [6.45, 7) is 2.00. The molecular weight excluding hydrogens is 354 g/mol. The van der Waals surface area contributed by atoms with Crippen LogP contribution in [0.15, 0.2) is 30.6 Å². The Balaban J connectivity index is 1.71. The highest BCUT2D eigenvalue weighted by Crippen LogP contribution is 2.36. The van der Waals surface area contributed by atoms with Crippen molar-refractivity contribution in [2.24, 2.45) is 0 Å². The average Bonchev–Trinajstić information content (AvgIpc) is 3.30. The molecule has 2 amide bonds. The van der Waals surface area contributed by atoms with E-state index in [0.717, 1.165) is 0 Å². The first-order chi connectivity index (χ1) is 13.1. The van der Waals surface area contributed by atoms with E-state index >= 15 is 0 Å². The van der Waals surface area contributed by atoms with Crippen LogP contribution in [-0.2, 0) is 4.74 Å². The SMILES string of the molecule is CCOC(=O)c1cc2cc3c(cc2nc1NC(=O)Nc1ncc[nH]1)OCO3. The third-order valence-corrected chi connectivity index (χ3v) is 3.77. The van der Waals surface area contributed by atoms with Crippen LogP contribution in [0.5, 0.6) is 11.5 Å². The molecule has 0 spiro atoms. The van der Waals surface area contributed by atoms with Gasteiger partial charge in [-0.1, -0.05) is 0 Å². The van der Waals surface area contributed by atoms with Crippen LogP contribution in [0, 0.1) is 0 Å². The van der Waals surface area contributed by atoms with Gasteiger partial charge in [0.15, 0.2) is 11.5 Å². The van der Waals surface area contributed by atoms with E-state index in [1.807, 2.05) is 0 Å². The molecule has 0 fully saturated rings. The molecule has 3 aromatic rings. The second-order valence-corrected chi connectivity index (χ2v) is 5.52. The number of aromatic nitrogens is 3. The molecule has 3 heterocycles. The van der Waals surface area contributed by atoms with Gasteiger partial charge >= 0.3 is 12.0 Å². The summed E-state index contributed by atoms with van der Waals surface area (Å²) in [5, 5.41) is 5.71. The molecule has 27 heavy (non-hydrogen) atoms. The van der Waals surface area contributed by atoms with E-state index in [2.05, 4.69) is 25.6 Å². The zero-order valence-electron chi connectivity index (χ0n) is 14.2. The number of carbonyl (C=O) groups excluding carboxylic acids is 2. The van der Waals surface area contributed by atoms with E-state index in [1.54, 1.807) is 31.3 Å². The maximum absolute atomic E-state index is 12.3. The molecule has 0 saturated heterocycles. The van der Waals surface area contributed by atoms with Crippen LogP contribution in [0.2, 0.25) is 0 Å². The summed E-state index contributed by atoms with van der Waals surface area (Å²) in [6, 6.07) is 4.38. The van der Waals surface area contributed by atoms with Gasteiger partial charge in [-0.2, -0.15) is 0 Å². The van der Waals surface area contributed by atoms with E-state index in [-0.39, 0.29) is 30.7 Å². The van der Waals surface area contributed by atoms with Crippen LogP contribution in [-0.4, -0.2) is 40.4 Å². The van der Waals surface area contributed by atoms with Gasteiger partial charge in [0.1, 0.15) is 11.4 Å². The number of aromatic amines is 1. The lowest BCUT2D eigenvalue weighted by atomic mass is 10.1. The van der Waals surface area contributed by atoms with Crippen molar-refractivity contribution in [3.05, 3.63) is 36.2 Å². The Morgan fingerprint density at radius 1 is 1.22 bits per heavy atom. The number of esters is 1. The van der Waals surface area contributed by atoms with Crippen molar-refractivity contribution in [2.75, 3.05) is 24.0 Å². The minimum absolute atomic E-state index is 0.0591. The number of amides is 2. The third kappa shape index (κ3) is 3.32. The maximum Gasteiger partial charge on any atom is 0.341 e. The number of hydrogen-bond donors (Lipinski definition) is 3. The summed E-state index contributed by atoms with van der Waals surface area (Å²) < 4.78 is 15.8. The van der Waals surface area contributed by atoms with E-state index in [0.29, 0.717) is 22.4 Å². The minimum atomic E-state index is -0.608. The molecule has 10 nitrogen and oxygen atoms in total. The number of urea groups is 1. The fraction of sp³-hybridized carbons (Fsp3) is 0.176. The van der Waals surface area contributed by atoms with Crippen LogP contribution in [0.4, 0.5) is 16.6 Å². The standard InChI is InChI=1S/C17H15N5O5/c1-2-25-15(23)10-5-9-6-12-13(27-8-26-12)7-11(9)20-14(10)21-17(24)22-16-18-3-4-19-16/h3-7H,2,8H2,1H3,(H3,18,19,20,21,22,24). The highest BCUT2D eigenvalue weighted by atomic mass is 16.7. The molecule has 1 aromatic carbocycles. The highest BCUT2D eigenvalue weighted by molar-refractivity contribution is 6.06. The molecule has 0 bridgehead atoms. The largest absolute Gasteiger partial charge is 0.462 e. The van der Waals surface area contributed by atoms with E-state index in [4.69, 9.17) is 14.2 Å². The van der Waals surface area contributed by atoms with Gasteiger partial charge in [-0.15, -0.1) is 0 Å². The van der Waals surface area contributed by atoms with Crippen molar-refractivity contribution < 1.29 is 23.8 Å². The second-order valence-electron chi connectivity index (χ2n) is 5.52. The Morgan fingerprint density at radius 2 is 2.04 bits per heavy atom. The zero-order chi connectivity index (χ0) is 18.8. The van der Waals surface area contributed by atoms with Gasteiger partial charge in [-0.05, 0) is 19.1 Å². The van der Waals surface area contributed by atoms with Gasteiger partial charge < -0.3 is 19.2 Å². The number of imidazole rings is 1. The third-order valence-electron chi connectivity index (χ3n) is 3.77. The first kappa shape index (κ1) is 16.6. The lowest BCUT2D eigenvalue weighted by Gasteiger charge is -2.12. The van der Waals surface area contributed by atoms with Gasteiger partial charge in [-0.25, -0.2) is 19.6 Å². The molecule has 3 N–H and O–H groups in total. The first-order valence-corrected chi connectivity index (χ1v) is 8.13. The summed E-state index contributed by atoms with van der Waals surface area (Å²) in [5.74, 6) is 0.830. The van der Waals surface area contributed by atoms with Crippen molar-refractivity contribution in [3.8, 4) is 11.5 Å². The summed E-state index contributed by atoms with van der Waals surface area (Å²) in [5.41, 5.74) is 0.651. The smallest absolute Gasteiger partial charge is 0.341 e. The van der Waals surface area contributed by atoms with Gasteiger partial charge in [0.2, 0.25) is 12.7 Å². The Labute approximate surface area is 152 Å². The van der Waals surface area contributed by atoms with E-state index < -0.39 is 12.0 Å². The maximum atomic E-state index is 12.3. The number of carbonyl (C=O) groups is 2. The lowest BCUT2D eigenvalue weighted by molar-refractivity contribution is 0.0527. The second kappa shape index (κ2) is 6.83. The average molecular weight is 369 g/mol. The number of anilines is 2. The first-order valence-electron chi connectivity index (χ1n) is 8.13. The number of benzene rings is 1. The monoisotopic (exact) mass is 369 g/mol. The highest BCUT2D eigenvalue weighted by Gasteiger charge is 2.21. The Kier molecular flexibility index (Phi) is 4.21. The van der Waals surface area contributed by atoms with Crippen molar-refractivity contribution in [2.45, 2.75) is 6.92 Å². The molecule has 4 rings (SSSR count). The molecule has 10 heteroatoms. The molecule has 0 saturated carbocycles. The van der Waals surface area contributed by atoms with Crippen LogP contribution < -0.4 is 20.1 Å². The molecule has 0 atom stereocenters. The van der Waals surface area contributed by atoms with Crippen molar-refractivity contribution in [1.82, 2.24) is 15.0 Å². The number of ether oxygens (including phenoxy) is 3. The topological polar surface area (TPSA) is 127 Å². The van der Waals surface area contributed by atoms with Crippen molar-refractivity contribution in [1.29, 1.82) is 0 Å². The number of nitrogens with one attached hydrogen (secondary N) is 3. The van der Waals surface area contributed by atoms with E-state index in [1.165, 1.54) is 6.20 Å². The summed E-state index contributed by atoms with van der Waals surface area (Å²) >= 11 is 0. The number of pyridine rings is 1. The van der Waals surface area contributed by atoms with Crippen LogP contribution in [0.1, 0.15) is 17.3 Å². The minimum Gasteiger partial charge on any atom is -0.462 e. The number of fused-ring (bicyclic) bond motifs is 2. The number of nitrogens with zero attached hydrogens (tertiary/aromatic N) is 2.